The summed E-state index contributed by atoms with van der Waals surface area (Å²) in [6.45, 7) is 3.81. The minimum atomic E-state index is -4.51. The standard InChI is InChI=1S/C26H25F3N2O2/c1-3-16-10-12-17(13-11-16)23-22(15(2)30-20-8-5-9-21(32)24(20)23)25(33)31-19-7-4-6-18(14-19)26(27,28)29/h4,6-7,10-14,23,30H,3,5,8-9H2,1-2H3,(H,31,33)/t23-/m0/s1. The molecule has 0 radical (unpaired) electrons. The van der Waals surface area contributed by atoms with E-state index in [1.54, 1.807) is 6.92 Å². The number of Topliss-reactive ketones (excluding diaryl/α,β-unsaturated/α-hetero) is 1. The normalized spacial score (nSPS) is 18.7. The first kappa shape index (κ1) is 22.8. The molecule has 172 valence electrons. The topological polar surface area (TPSA) is 58.2 Å². The minimum absolute atomic E-state index is 0.00909. The Kier molecular flexibility index (Phi) is 6.15. The average Bonchev–Trinajstić information content (AvgIpc) is 2.78. The van der Waals surface area contributed by atoms with E-state index >= 15 is 0 Å². The summed E-state index contributed by atoms with van der Waals surface area (Å²) in [5.41, 5.74) is 3.48. The van der Waals surface area contributed by atoms with Gasteiger partial charge in [-0.2, -0.15) is 13.2 Å². The van der Waals surface area contributed by atoms with Crippen LogP contribution in [0.1, 0.15) is 55.7 Å². The summed E-state index contributed by atoms with van der Waals surface area (Å²) in [6.07, 6.45) is -1.79. The number of rotatable bonds is 4. The summed E-state index contributed by atoms with van der Waals surface area (Å²) in [5, 5.41) is 5.84. The highest BCUT2D eigenvalue weighted by atomic mass is 19.4. The van der Waals surface area contributed by atoms with Gasteiger partial charge in [-0.25, -0.2) is 0 Å². The number of amides is 1. The van der Waals surface area contributed by atoms with Gasteiger partial charge in [-0.15, -0.1) is 0 Å². The fraction of sp³-hybridized carbons (Fsp3) is 0.308. The van der Waals surface area contributed by atoms with E-state index in [1.807, 2.05) is 31.2 Å². The van der Waals surface area contributed by atoms with Crippen LogP contribution >= 0.6 is 0 Å². The molecule has 2 aliphatic rings. The lowest BCUT2D eigenvalue weighted by atomic mass is 9.75. The zero-order valence-electron chi connectivity index (χ0n) is 18.5. The molecular weight excluding hydrogens is 429 g/mol. The molecule has 33 heavy (non-hydrogen) atoms. The molecule has 1 aliphatic carbocycles. The fourth-order valence-electron chi connectivity index (χ4n) is 4.54. The van der Waals surface area contributed by atoms with Gasteiger partial charge >= 0.3 is 6.18 Å². The van der Waals surface area contributed by atoms with E-state index in [4.69, 9.17) is 0 Å². The van der Waals surface area contributed by atoms with Gasteiger partial charge in [0, 0.05) is 40.6 Å². The van der Waals surface area contributed by atoms with Crippen LogP contribution in [0.25, 0.3) is 0 Å². The Bertz CT molecular complexity index is 1160. The van der Waals surface area contributed by atoms with Gasteiger partial charge in [-0.1, -0.05) is 37.3 Å². The monoisotopic (exact) mass is 454 g/mol. The van der Waals surface area contributed by atoms with Crippen LogP contribution in [0.15, 0.2) is 71.1 Å². The zero-order valence-corrected chi connectivity index (χ0v) is 18.5. The second kappa shape index (κ2) is 8.89. The van der Waals surface area contributed by atoms with Crippen LogP contribution in [0.2, 0.25) is 0 Å². The summed E-state index contributed by atoms with van der Waals surface area (Å²) < 4.78 is 39.4. The van der Waals surface area contributed by atoms with Crippen LogP contribution in [0.3, 0.4) is 0 Å². The highest BCUT2D eigenvalue weighted by Gasteiger charge is 2.38. The van der Waals surface area contributed by atoms with E-state index in [2.05, 4.69) is 10.6 Å². The first-order chi connectivity index (χ1) is 15.7. The number of dihydropyridines is 1. The van der Waals surface area contributed by atoms with Crippen molar-refractivity contribution in [2.75, 3.05) is 5.32 Å². The Balaban J connectivity index is 1.74. The molecule has 1 atom stereocenters. The molecule has 0 spiro atoms. The van der Waals surface area contributed by atoms with Gasteiger partial charge in [-0.05, 0) is 55.5 Å². The van der Waals surface area contributed by atoms with Crippen LogP contribution in [0, 0.1) is 0 Å². The van der Waals surface area contributed by atoms with Crippen molar-refractivity contribution in [1.82, 2.24) is 5.32 Å². The van der Waals surface area contributed by atoms with E-state index < -0.39 is 23.6 Å². The van der Waals surface area contributed by atoms with Crippen molar-refractivity contribution in [3.8, 4) is 0 Å². The fourth-order valence-corrected chi connectivity index (χ4v) is 4.54. The summed E-state index contributed by atoms with van der Waals surface area (Å²) >= 11 is 0. The molecule has 7 heteroatoms. The summed E-state index contributed by atoms with van der Waals surface area (Å²) in [6, 6.07) is 12.3. The highest BCUT2D eigenvalue weighted by molar-refractivity contribution is 6.09. The maximum Gasteiger partial charge on any atom is 0.416 e. The SMILES string of the molecule is CCc1ccc([C@H]2C(C(=O)Nc3cccc(C(F)(F)F)c3)=C(C)NC3=C2C(=O)CCC3)cc1. The molecular formula is C26H25F3N2O2. The molecule has 4 nitrogen and oxygen atoms in total. The van der Waals surface area contributed by atoms with E-state index in [-0.39, 0.29) is 11.5 Å². The van der Waals surface area contributed by atoms with Crippen LogP contribution in [-0.2, 0) is 22.2 Å². The van der Waals surface area contributed by atoms with Crippen molar-refractivity contribution in [2.24, 2.45) is 0 Å². The van der Waals surface area contributed by atoms with E-state index in [0.717, 1.165) is 41.8 Å². The van der Waals surface area contributed by atoms with Crippen LogP contribution < -0.4 is 10.6 Å². The van der Waals surface area contributed by atoms with E-state index in [1.165, 1.54) is 12.1 Å². The maximum absolute atomic E-state index is 13.4. The molecule has 0 aromatic heterocycles. The summed E-state index contributed by atoms with van der Waals surface area (Å²) in [5.74, 6) is -1.12. The summed E-state index contributed by atoms with van der Waals surface area (Å²) in [4.78, 5) is 26.3. The van der Waals surface area contributed by atoms with Gasteiger partial charge < -0.3 is 10.6 Å². The predicted octanol–water partition coefficient (Wildman–Crippen LogP) is 5.87. The third-order valence-corrected chi connectivity index (χ3v) is 6.19. The molecule has 2 aromatic carbocycles. The second-order valence-electron chi connectivity index (χ2n) is 8.39. The largest absolute Gasteiger partial charge is 0.416 e. The third-order valence-electron chi connectivity index (χ3n) is 6.19. The first-order valence-corrected chi connectivity index (χ1v) is 11.0. The molecule has 0 bridgehead atoms. The molecule has 1 heterocycles. The lowest BCUT2D eigenvalue weighted by Gasteiger charge is -2.34. The lowest BCUT2D eigenvalue weighted by Crippen LogP contribution is -2.35. The minimum Gasteiger partial charge on any atom is -0.362 e. The quantitative estimate of drug-likeness (QED) is 0.607. The van der Waals surface area contributed by atoms with Gasteiger partial charge in [0.2, 0.25) is 0 Å². The van der Waals surface area contributed by atoms with Gasteiger partial charge in [0.1, 0.15) is 0 Å². The van der Waals surface area contributed by atoms with Crippen molar-refractivity contribution >= 4 is 17.4 Å². The molecule has 0 unspecified atom stereocenters. The van der Waals surface area contributed by atoms with E-state index in [9.17, 15) is 22.8 Å². The number of alkyl halides is 3. The molecule has 2 N–H and O–H groups in total. The number of halogens is 3. The number of hydrogen-bond acceptors (Lipinski definition) is 3. The zero-order chi connectivity index (χ0) is 23.8. The van der Waals surface area contributed by atoms with E-state index in [0.29, 0.717) is 29.7 Å². The van der Waals surface area contributed by atoms with Gasteiger partial charge in [0.05, 0.1) is 5.56 Å². The number of hydrogen-bond donors (Lipinski definition) is 2. The second-order valence-corrected chi connectivity index (χ2v) is 8.39. The number of anilines is 1. The molecule has 2 aromatic rings. The number of benzene rings is 2. The van der Waals surface area contributed by atoms with Crippen LogP contribution in [0.5, 0.6) is 0 Å². The van der Waals surface area contributed by atoms with Crippen molar-refractivity contribution in [1.29, 1.82) is 0 Å². The Morgan fingerprint density at radius 2 is 1.85 bits per heavy atom. The Hall–Kier alpha value is -3.35. The molecule has 4 rings (SSSR count). The Morgan fingerprint density at radius 3 is 2.52 bits per heavy atom. The smallest absolute Gasteiger partial charge is 0.362 e. The molecule has 0 fully saturated rings. The van der Waals surface area contributed by atoms with Crippen molar-refractivity contribution < 1.29 is 22.8 Å². The average molecular weight is 454 g/mol. The van der Waals surface area contributed by atoms with Crippen LogP contribution in [-0.4, -0.2) is 11.7 Å². The van der Waals surface area contributed by atoms with Gasteiger partial charge in [0.15, 0.2) is 5.78 Å². The van der Waals surface area contributed by atoms with Crippen LogP contribution in [0.4, 0.5) is 18.9 Å². The summed E-state index contributed by atoms with van der Waals surface area (Å²) in [7, 11) is 0. The first-order valence-electron chi connectivity index (χ1n) is 11.0. The number of nitrogens with one attached hydrogen (secondary N) is 2. The number of aryl methyl sites for hydroxylation is 1. The third kappa shape index (κ3) is 4.58. The molecule has 1 aliphatic heterocycles. The van der Waals surface area contributed by atoms with Gasteiger partial charge in [-0.3, -0.25) is 9.59 Å². The lowest BCUT2D eigenvalue weighted by molar-refractivity contribution is -0.137. The maximum atomic E-state index is 13.4. The number of allylic oxidation sites excluding steroid dienone is 3. The Morgan fingerprint density at radius 1 is 1.12 bits per heavy atom. The molecule has 0 saturated heterocycles. The number of ketones is 1. The van der Waals surface area contributed by atoms with Gasteiger partial charge in [0.25, 0.3) is 5.91 Å². The number of carbonyl (C=O) groups is 2. The van der Waals surface area contributed by atoms with Crippen molar-refractivity contribution in [3.05, 3.63) is 87.8 Å². The predicted molar refractivity (Wildman–Crippen MR) is 120 cm³/mol. The van der Waals surface area contributed by atoms with Crippen molar-refractivity contribution in [3.63, 3.8) is 0 Å². The molecule has 0 saturated carbocycles. The van der Waals surface area contributed by atoms with Crippen molar-refractivity contribution in [2.45, 2.75) is 51.6 Å². The molecule has 1 amide bonds. The highest BCUT2D eigenvalue weighted by Crippen LogP contribution is 2.42. The Labute approximate surface area is 190 Å². The number of carbonyl (C=O) groups excluding carboxylic acids is 2.